The SMILES string of the molecule is C=CCNC(=O)Cc1n[nH]c(COc2ccc(C(C)(C)C)cc2)n1. The maximum absolute atomic E-state index is 11.6. The van der Waals surface area contributed by atoms with E-state index in [4.69, 9.17) is 4.74 Å². The van der Waals surface area contributed by atoms with E-state index < -0.39 is 0 Å². The van der Waals surface area contributed by atoms with E-state index in [9.17, 15) is 4.79 Å². The molecule has 2 aromatic rings. The number of carbonyl (C=O) groups is 1. The van der Waals surface area contributed by atoms with Crippen LogP contribution in [0.5, 0.6) is 5.75 Å². The second kappa shape index (κ2) is 7.77. The van der Waals surface area contributed by atoms with Gasteiger partial charge in [0.15, 0.2) is 11.6 Å². The summed E-state index contributed by atoms with van der Waals surface area (Å²) in [4.78, 5) is 15.8. The molecule has 0 unspecified atom stereocenters. The quantitative estimate of drug-likeness (QED) is 0.766. The minimum absolute atomic E-state index is 0.116. The molecule has 0 aliphatic carbocycles. The molecule has 0 saturated carbocycles. The highest BCUT2D eigenvalue weighted by Crippen LogP contribution is 2.24. The molecule has 0 aliphatic heterocycles. The average Bonchev–Trinajstić information content (AvgIpc) is 2.98. The fraction of sp³-hybridized carbons (Fsp3) is 0.389. The molecular weight excluding hydrogens is 304 g/mol. The van der Waals surface area contributed by atoms with Gasteiger partial charge in [-0.25, -0.2) is 4.98 Å². The van der Waals surface area contributed by atoms with Crippen LogP contribution >= 0.6 is 0 Å². The van der Waals surface area contributed by atoms with E-state index in [1.165, 1.54) is 5.56 Å². The molecule has 0 fully saturated rings. The number of nitrogens with zero attached hydrogens (tertiary/aromatic N) is 2. The summed E-state index contributed by atoms with van der Waals surface area (Å²) >= 11 is 0. The van der Waals surface area contributed by atoms with Crippen molar-refractivity contribution in [3.63, 3.8) is 0 Å². The van der Waals surface area contributed by atoms with Crippen LogP contribution in [0.15, 0.2) is 36.9 Å². The van der Waals surface area contributed by atoms with Crippen molar-refractivity contribution in [3.8, 4) is 5.75 Å². The number of H-pyrrole nitrogens is 1. The number of aromatic nitrogens is 3. The Labute approximate surface area is 142 Å². The van der Waals surface area contributed by atoms with Gasteiger partial charge in [0.05, 0.1) is 6.42 Å². The Bertz CT molecular complexity index is 684. The predicted octanol–water partition coefficient (Wildman–Crippen LogP) is 2.53. The van der Waals surface area contributed by atoms with Crippen LogP contribution in [0.4, 0.5) is 0 Å². The van der Waals surface area contributed by atoms with E-state index in [-0.39, 0.29) is 24.3 Å². The third-order valence-electron chi connectivity index (χ3n) is 3.44. The summed E-state index contributed by atoms with van der Waals surface area (Å²) in [6.07, 6.45) is 1.75. The Morgan fingerprint density at radius 1 is 1.33 bits per heavy atom. The van der Waals surface area contributed by atoms with Crippen molar-refractivity contribution in [1.29, 1.82) is 0 Å². The third kappa shape index (κ3) is 5.22. The molecule has 2 rings (SSSR count). The van der Waals surface area contributed by atoms with Crippen molar-refractivity contribution in [2.24, 2.45) is 0 Å². The maximum atomic E-state index is 11.6. The second-order valence-corrected chi connectivity index (χ2v) is 6.53. The van der Waals surface area contributed by atoms with Crippen molar-refractivity contribution in [2.75, 3.05) is 6.54 Å². The number of hydrogen-bond donors (Lipinski definition) is 2. The lowest BCUT2D eigenvalue weighted by Crippen LogP contribution is -2.25. The number of benzene rings is 1. The van der Waals surface area contributed by atoms with Gasteiger partial charge in [0.1, 0.15) is 12.4 Å². The summed E-state index contributed by atoms with van der Waals surface area (Å²) < 4.78 is 5.70. The van der Waals surface area contributed by atoms with Crippen molar-refractivity contribution >= 4 is 5.91 Å². The minimum atomic E-state index is -0.140. The summed E-state index contributed by atoms with van der Waals surface area (Å²) in [7, 11) is 0. The Balaban J connectivity index is 1.86. The van der Waals surface area contributed by atoms with Gasteiger partial charge in [-0.1, -0.05) is 39.0 Å². The molecule has 2 N–H and O–H groups in total. The average molecular weight is 328 g/mol. The van der Waals surface area contributed by atoms with Crippen LogP contribution in [0.25, 0.3) is 0 Å². The van der Waals surface area contributed by atoms with Crippen LogP contribution in [0.2, 0.25) is 0 Å². The number of hydrogen-bond acceptors (Lipinski definition) is 4. The van der Waals surface area contributed by atoms with Crippen molar-refractivity contribution in [2.45, 2.75) is 39.2 Å². The highest BCUT2D eigenvalue weighted by molar-refractivity contribution is 5.77. The zero-order valence-corrected chi connectivity index (χ0v) is 14.4. The molecule has 0 bridgehead atoms. The summed E-state index contributed by atoms with van der Waals surface area (Å²) in [6, 6.07) is 8.01. The van der Waals surface area contributed by atoms with Gasteiger partial charge in [-0.05, 0) is 23.1 Å². The lowest BCUT2D eigenvalue weighted by atomic mass is 9.87. The van der Waals surface area contributed by atoms with Crippen LogP contribution < -0.4 is 10.1 Å². The van der Waals surface area contributed by atoms with Crippen molar-refractivity contribution < 1.29 is 9.53 Å². The maximum Gasteiger partial charge on any atom is 0.227 e. The van der Waals surface area contributed by atoms with Crippen LogP contribution in [0.3, 0.4) is 0 Å². The highest BCUT2D eigenvalue weighted by Gasteiger charge is 2.13. The van der Waals surface area contributed by atoms with Crippen molar-refractivity contribution in [1.82, 2.24) is 20.5 Å². The van der Waals surface area contributed by atoms with Crippen LogP contribution in [-0.2, 0) is 23.2 Å². The van der Waals surface area contributed by atoms with E-state index >= 15 is 0 Å². The van der Waals surface area contributed by atoms with Gasteiger partial charge in [0, 0.05) is 6.54 Å². The predicted molar refractivity (Wildman–Crippen MR) is 92.8 cm³/mol. The molecule has 0 radical (unpaired) electrons. The number of carbonyl (C=O) groups excluding carboxylic acids is 1. The van der Waals surface area contributed by atoms with E-state index in [0.29, 0.717) is 18.2 Å². The Hall–Kier alpha value is -2.63. The normalized spacial score (nSPS) is 11.1. The second-order valence-electron chi connectivity index (χ2n) is 6.53. The van der Waals surface area contributed by atoms with Gasteiger partial charge in [0.25, 0.3) is 0 Å². The number of amides is 1. The fourth-order valence-electron chi connectivity index (χ4n) is 2.07. The largest absolute Gasteiger partial charge is 0.486 e. The van der Waals surface area contributed by atoms with E-state index in [0.717, 1.165) is 5.75 Å². The zero-order chi connectivity index (χ0) is 17.6. The monoisotopic (exact) mass is 328 g/mol. The van der Waals surface area contributed by atoms with Gasteiger partial charge in [0.2, 0.25) is 5.91 Å². The van der Waals surface area contributed by atoms with E-state index in [2.05, 4.69) is 60.0 Å². The molecule has 0 aliphatic rings. The standard InChI is InChI=1S/C18H24N4O2/c1-5-10-19-17(23)11-15-20-16(22-21-15)12-24-14-8-6-13(7-9-14)18(2,3)4/h5-9H,1,10-12H2,2-4H3,(H,19,23)(H,20,21,22). The summed E-state index contributed by atoms with van der Waals surface area (Å²) in [5, 5.41) is 9.49. The lowest BCUT2D eigenvalue weighted by Gasteiger charge is -2.19. The van der Waals surface area contributed by atoms with Gasteiger partial charge >= 0.3 is 0 Å². The van der Waals surface area contributed by atoms with Gasteiger partial charge < -0.3 is 10.1 Å². The number of nitrogens with one attached hydrogen (secondary N) is 2. The van der Waals surface area contributed by atoms with Crippen LogP contribution in [0, 0.1) is 0 Å². The zero-order valence-electron chi connectivity index (χ0n) is 14.4. The molecule has 6 nitrogen and oxygen atoms in total. The van der Waals surface area contributed by atoms with E-state index in [1.807, 2.05) is 12.1 Å². The number of aromatic amines is 1. The van der Waals surface area contributed by atoms with Crippen LogP contribution in [0.1, 0.15) is 38.0 Å². The topological polar surface area (TPSA) is 79.9 Å². The molecule has 128 valence electrons. The molecule has 1 aromatic heterocycles. The fourth-order valence-corrected chi connectivity index (χ4v) is 2.07. The number of ether oxygens (including phenoxy) is 1. The summed E-state index contributed by atoms with van der Waals surface area (Å²) in [6.45, 7) is 10.8. The minimum Gasteiger partial charge on any atom is -0.486 e. The first-order chi connectivity index (χ1) is 11.4. The van der Waals surface area contributed by atoms with Gasteiger partial charge in [-0.15, -0.1) is 6.58 Å². The highest BCUT2D eigenvalue weighted by atomic mass is 16.5. The molecular formula is C18H24N4O2. The Morgan fingerprint density at radius 3 is 2.67 bits per heavy atom. The smallest absolute Gasteiger partial charge is 0.227 e. The molecule has 24 heavy (non-hydrogen) atoms. The van der Waals surface area contributed by atoms with E-state index in [1.54, 1.807) is 6.08 Å². The molecule has 1 amide bonds. The van der Waals surface area contributed by atoms with Crippen LogP contribution in [-0.4, -0.2) is 27.6 Å². The number of rotatable bonds is 7. The Kier molecular flexibility index (Phi) is 5.73. The lowest BCUT2D eigenvalue weighted by molar-refractivity contribution is -0.120. The molecule has 6 heteroatoms. The first kappa shape index (κ1) is 17.7. The first-order valence-electron chi connectivity index (χ1n) is 7.89. The third-order valence-corrected chi connectivity index (χ3v) is 3.44. The van der Waals surface area contributed by atoms with Crippen molar-refractivity contribution in [3.05, 3.63) is 54.1 Å². The Morgan fingerprint density at radius 2 is 2.04 bits per heavy atom. The molecule has 1 heterocycles. The molecule has 0 saturated heterocycles. The van der Waals surface area contributed by atoms with Gasteiger partial charge in [-0.2, -0.15) is 5.10 Å². The summed E-state index contributed by atoms with van der Waals surface area (Å²) in [5.74, 6) is 1.66. The summed E-state index contributed by atoms with van der Waals surface area (Å²) in [5.41, 5.74) is 1.37. The molecule has 0 atom stereocenters. The molecule has 1 aromatic carbocycles. The van der Waals surface area contributed by atoms with Gasteiger partial charge in [-0.3, -0.25) is 9.89 Å². The first-order valence-corrected chi connectivity index (χ1v) is 7.89. The molecule has 0 spiro atoms.